The van der Waals surface area contributed by atoms with Crippen LogP contribution in [0.1, 0.15) is 18.9 Å². The summed E-state index contributed by atoms with van der Waals surface area (Å²) in [7, 11) is 1.53. The van der Waals surface area contributed by atoms with E-state index in [9.17, 15) is 9.50 Å². The number of nitrogens with zero attached hydrogens (tertiary/aromatic N) is 3. The number of fused-ring (bicyclic) bond motifs is 1. The maximum Gasteiger partial charge on any atom is 0.213 e. The molecule has 0 aromatic carbocycles. The second-order valence-electron chi connectivity index (χ2n) is 6.63. The Kier molecular flexibility index (Phi) is 4.67. The monoisotopic (exact) mass is 334 g/mol. The van der Waals surface area contributed by atoms with Crippen LogP contribution in [0.5, 0.6) is 5.88 Å². The van der Waals surface area contributed by atoms with Gasteiger partial charge in [0.25, 0.3) is 0 Å². The van der Waals surface area contributed by atoms with Gasteiger partial charge in [-0.25, -0.2) is 9.37 Å². The minimum atomic E-state index is -0.580. The lowest BCUT2D eigenvalue weighted by Gasteiger charge is -2.41. The molecule has 1 fully saturated rings. The van der Waals surface area contributed by atoms with Gasteiger partial charge in [-0.3, -0.25) is 4.98 Å². The van der Waals surface area contributed by atoms with E-state index in [-0.39, 0.29) is 5.82 Å². The molecule has 3 N–H and O–H groups in total. The molecule has 0 radical (unpaired) electrons. The van der Waals surface area contributed by atoms with E-state index in [0.29, 0.717) is 48.4 Å². The first-order chi connectivity index (χ1) is 11.4. The number of halogens is 1. The predicted octanol–water partition coefficient (Wildman–Crippen LogP) is 1.10. The number of hydrogen-bond donors (Lipinski definition) is 2. The summed E-state index contributed by atoms with van der Waals surface area (Å²) in [5, 5.41) is 10.1. The van der Waals surface area contributed by atoms with Crippen molar-refractivity contribution in [3.8, 4) is 5.88 Å². The number of β-amino-alcohol motifs (C(OH)–C–C–N with tert-alkyl or cyclic N) is 1. The first-order valence-electron chi connectivity index (χ1n) is 8.08. The number of aliphatic hydroxyl groups is 1. The van der Waals surface area contributed by atoms with Crippen LogP contribution in [-0.2, 0) is 6.42 Å². The number of rotatable bonds is 4. The third kappa shape index (κ3) is 3.33. The Balaban J connectivity index is 1.79. The molecule has 3 rings (SSSR count). The molecule has 0 spiro atoms. The van der Waals surface area contributed by atoms with Crippen molar-refractivity contribution in [3.63, 3.8) is 0 Å². The summed E-state index contributed by atoms with van der Waals surface area (Å²) in [5.74, 6) is 0.0629. The molecule has 2 atom stereocenters. The number of likely N-dealkylation sites (tertiary alicyclic amines) is 1. The van der Waals surface area contributed by atoms with Gasteiger partial charge >= 0.3 is 0 Å². The summed E-state index contributed by atoms with van der Waals surface area (Å²) in [6.07, 6.45) is 1.84. The molecule has 3 heterocycles. The maximum absolute atomic E-state index is 14.3. The molecular weight excluding hydrogens is 311 g/mol. The van der Waals surface area contributed by atoms with E-state index in [0.717, 1.165) is 6.54 Å². The topological polar surface area (TPSA) is 84.5 Å². The molecule has 6 nitrogen and oxygen atoms in total. The smallest absolute Gasteiger partial charge is 0.213 e. The molecule has 0 amide bonds. The molecule has 2 aromatic heterocycles. The van der Waals surface area contributed by atoms with Gasteiger partial charge in [0, 0.05) is 36.8 Å². The molecule has 2 aromatic rings. The highest BCUT2D eigenvalue weighted by Crippen LogP contribution is 2.23. The van der Waals surface area contributed by atoms with E-state index in [2.05, 4.69) is 14.9 Å². The fourth-order valence-electron chi connectivity index (χ4n) is 3.01. The number of ether oxygens (including phenoxy) is 1. The van der Waals surface area contributed by atoms with Crippen LogP contribution >= 0.6 is 0 Å². The average Bonchev–Trinajstić information content (AvgIpc) is 2.56. The van der Waals surface area contributed by atoms with E-state index in [4.69, 9.17) is 10.5 Å². The lowest BCUT2D eigenvalue weighted by molar-refractivity contribution is 0.0123. The Labute approximate surface area is 140 Å². The zero-order chi connectivity index (χ0) is 17.3. The number of nitrogens with two attached hydrogens (primary N) is 1. The molecule has 0 saturated carbocycles. The van der Waals surface area contributed by atoms with Crippen LogP contribution in [0.2, 0.25) is 0 Å². The molecule has 1 aliphatic rings. The van der Waals surface area contributed by atoms with Crippen molar-refractivity contribution in [1.29, 1.82) is 0 Å². The Morgan fingerprint density at radius 3 is 3.00 bits per heavy atom. The van der Waals surface area contributed by atoms with Gasteiger partial charge in [-0.05, 0) is 25.8 Å². The third-order valence-electron chi connectivity index (χ3n) is 4.79. The van der Waals surface area contributed by atoms with Gasteiger partial charge in [0.15, 0.2) is 0 Å². The summed E-state index contributed by atoms with van der Waals surface area (Å²) in [6, 6.07) is 3.48. The molecule has 7 heteroatoms. The third-order valence-corrected chi connectivity index (χ3v) is 4.79. The normalized spacial score (nSPS) is 25.1. The van der Waals surface area contributed by atoms with E-state index < -0.39 is 11.6 Å². The Hall–Kier alpha value is -1.83. The van der Waals surface area contributed by atoms with E-state index >= 15 is 0 Å². The molecule has 1 aliphatic heterocycles. The number of aromatic nitrogens is 2. The number of methoxy groups -OCH3 is 1. The van der Waals surface area contributed by atoms with Crippen LogP contribution < -0.4 is 10.5 Å². The molecule has 130 valence electrons. The summed E-state index contributed by atoms with van der Waals surface area (Å²) in [6.45, 7) is 3.77. The maximum atomic E-state index is 14.3. The van der Waals surface area contributed by atoms with Crippen LogP contribution in [0.3, 0.4) is 0 Å². The lowest BCUT2D eigenvalue weighted by Crippen LogP contribution is -2.59. The first kappa shape index (κ1) is 17.0. The summed E-state index contributed by atoms with van der Waals surface area (Å²) in [4.78, 5) is 10.5. The van der Waals surface area contributed by atoms with Crippen molar-refractivity contribution >= 4 is 11.0 Å². The Morgan fingerprint density at radius 1 is 1.50 bits per heavy atom. The van der Waals surface area contributed by atoms with E-state index in [1.165, 1.54) is 13.3 Å². The van der Waals surface area contributed by atoms with Gasteiger partial charge in [0.05, 0.1) is 30.4 Å². The summed E-state index contributed by atoms with van der Waals surface area (Å²) >= 11 is 0. The van der Waals surface area contributed by atoms with Gasteiger partial charge in [-0.15, -0.1) is 0 Å². The van der Waals surface area contributed by atoms with Gasteiger partial charge in [-0.1, -0.05) is 0 Å². The quantitative estimate of drug-likeness (QED) is 0.871. The van der Waals surface area contributed by atoms with Crippen molar-refractivity contribution in [1.82, 2.24) is 14.9 Å². The second-order valence-corrected chi connectivity index (χ2v) is 6.63. The highest BCUT2D eigenvalue weighted by atomic mass is 19.1. The zero-order valence-corrected chi connectivity index (χ0v) is 14.0. The average molecular weight is 334 g/mol. The summed E-state index contributed by atoms with van der Waals surface area (Å²) < 4.78 is 19.4. The van der Waals surface area contributed by atoms with Crippen LogP contribution in [0, 0.1) is 5.82 Å². The van der Waals surface area contributed by atoms with Crippen molar-refractivity contribution in [2.45, 2.75) is 31.4 Å². The minimum Gasteiger partial charge on any atom is -0.481 e. The van der Waals surface area contributed by atoms with Crippen LogP contribution in [-0.4, -0.2) is 58.4 Å². The molecule has 0 aliphatic carbocycles. The Bertz CT molecular complexity index is 738. The van der Waals surface area contributed by atoms with Crippen molar-refractivity contribution < 1.29 is 14.2 Å². The number of aliphatic hydroxyl groups excluding tert-OH is 1. The number of pyridine rings is 2. The SMILES string of the molecule is COc1ccc2ncc(F)c(CCN3CC[C@@](C)(N)[C@@H](O)C3)c2n1. The van der Waals surface area contributed by atoms with Gasteiger partial charge in [0.2, 0.25) is 5.88 Å². The van der Waals surface area contributed by atoms with Crippen molar-refractivity contribution in [3.05, 3.63) is 29.7 Å². The van der Waals surface area contributed by atoms with Crippen LogP contribution in [0.25, 0.3) is 11.0 Å². The van der Waals surface area contributed by atoms with Crippen molar-refractivity contribution in [2.75, 3.05) is 26.7 Å². The zero-order valence-electron chi connectivity index (χ0n) is 14.0. The van der Waals surface area contributed by atoms with Gasteiger partial charge < -0.3 is 20.5 Å². The van der Waals surface area contributed by atoms with Gasteiger partial charge in [0.1, 0.15) is 5.82 Å². The molecule has 0 bridgehead atoms. The van der Waals surface area contributed by atoms with Crippen LogP contribution in [0.15, 0.2) is 18.3 Å². The van der Waals surface area contributed by atoms with Gasteiger partial charge in [-0.2, -0.15) is 0 Å². The number of piperidine rings is 1. The molecule has 1 saturated heterocycles. The van der Waals surface area contributed by atoms with Crippen molar-refractivity contribution in [2.24, 2.45) is 5.73 Å². The fraction of sp³-hybridized carbons (Fsp3) is 0.529. The molecule has 24 heavy (non-hydrogen) atoms. The number of hydrogen-bond acceptors (Lipinski definition) is 6. The standard InChI is InChI=1S/C17H23FN4O2/c1-17(19)6-8-22(10-14(17)23)7-5-11-12(18)9-20-13-3-4-15(24-2)21-16(11)13/h3-4,9,14,23H,5-8,10,19H2,1-2H3/t14-,17+/m0/s1. The largest absolute Gasteiger partial charge is 0.481 e. The summed E-state index contributed by atoms with van der Waals surface area (Å²) in [5.41, 5.74) is 7.18. The highest BCUT2D eigenvalue weighted by molar-refractivity contribution is 5.78. The Morgan fingerprint density at radius 2 is 2.29 bits per heavy atom. The highest BCUT2D eigenvalue weighted by Gasteiger charge is 2.34. The minimum absolute atomic E-state index is 0.371. The molecule has 0 unspecified atom stereocenters. The van der Waals surface area contributed by atoms with E-state index in [1.54, 1.807) is 12.1 Å². The predicted molar refractivity (Wildman–Crippen MR) is 89.4 cm³/mol. The second kappa shape index (κ2) is 6.58. The fourth-order valence-corrected chi connectivity index (χ4v) is 3.01. The van der Waals surface area contributed by atoms with E-state index in [1.807, 2.05) is 6.92 Å². The van der Waals surface area contributed by atoms with Crippen LogP contribution in [0.4, 0.5) is 4.39 Å². The lowest BCUT2D eigenvalue weighted by atomic mass is 9.88. The molecular formula is C17H23FN4O2. The first-order valence-corrected chi connectivity index (χ1v) is 8.08.